The summed E-state index contributed by atoms with van der Waals surface area (Å²) in [4.78, 5) is 13.8. The summed E-state index contributed by atoms with van der Waals surface area (Å²) >= 11 is 5.12. The number of hydrogen-bond donors (Lipinski definition) is 2. The van der Waals surface area contributed by atoms with E-state index in [1.165, 1.54) is 22.8 Å². The first kappa shape index (κ1) is 13.5. The zero-order valence-corrected chi connectivity index (χ0v) is 11.9. The molecule has 0 aliphatic heterocycles. The summed E-state index contributed by atoms with van der Waals surface area (Å²) in [6, 6.07) is 7.74. The van der Waals surface area contributed by atoms with Gasteiger partial charge in [0.2, 0.25) is 0 Å². The number of nitrogens with one attached hydrogen (secondary N) is 1. The summed E-state index contributed by atoms with van der Waals surface area (Å²) in [6.45, 7) is 4.85. The third-order valence-corrected chi connectivity index (χ3v) is 3.58. The van der Waals surface area contributed by atoms with Gasteiger partial charge in [-0.15, -0.1) is 0 Å². The zero-order valence-electron chi connectivity index (χ0n) is 11.1. The Labute approximate surface area is 116 Å². The van der Waals surface area contributed by atoms with Crippen LogP contribution in [0.1, 0.15) is 16.7 Å². The third kappa shape index (κ3) is 3.12. The Morgan fingerprint density at radius 2 is 2.00 bits per heavy atom. The smallest absolute Gasteiger partial charge is 0.253 e. The van der Waals surface area contributed by atoms with E-state index in [9.17, 15) is 4.79 Å². The fourth-order valence-electron chi connectivity index (χ4n) is 1.97. The van der Waals surface area contributed by atoms with E-state index in [4.69, 9.17) is 18.0 Å². The molecule has 100 valence electrons. The molecule has 0 unspecified atom stereocenters. The van der Waals surface area contributed by atoms with Crippen LogP contribution in [0.25, 0.3) is 0 Å². The predicted octanol–water partition coefficient (Wildman–Crippen LogP) is 2.35. The second-order valence-electron chi connectivity index (χ2n) is 4.68. The molecule has 0 saturated carbocycles. The van der Waals surface area contributed by atoms with Crippen molar-refractivity contribution in [3.8, 4) is 0 Å². The average Bonchev–Trinajstić information content (AvgIpc) is 2.32. The maximum absolute atomic E-state index is 11.2. The minimum Gasteiger partial charge on any atom is -0.385 e. The number of nitrogen functional groups attached to an aromatic ring is 1. The number of aromatic nitrogens is 2. The van der Waals surface area contributed by atoms with E-state index in [0.29, 0.717) is 17.1 Å². The van der Waals surface area contributed by atoms with Gasteiger partial charge >= 0.3 is 0 Å². The highest BCUT2D eigenvalue weighted by Crippen LogP contribution is 2.11. The molecule has 2 rings (SSSR count). The van der Waals surface area contributed by atoms with Crippen molar-refractivity contribution in [1.82, 2.24) is 9.55 Å². The summed E-state index contributed by atoms with van der Waals surface area (Å²) in [5, 5.41) is 0. The van der Waals surface area contributed by atoms with Crippen molar-refractivity contribution in [1.29, 1.82) is 0 Å². The number of aromatic amines is 1. The molecule has 0 spiro atoms. The molecule has 0 radical (unpaired) electrons. The summed E-state index contributed by atoms with van der Waals surface area (Å²) in [5.41, 5.74) is 9.34. The van der Waals surface area contributed by atoms with Gasteiger partial charge in [0, 0.05) is 12.6 Å². The van der Waals surface area contributed by atoms with E-state index in [1.54, 1.807) is 4.57 Å². The van der Waals surface area contributed by atoms with Gasteiger partial charge in [-0.3, -0.25) is 9.78 Å². The Hall–Kier alpha value is -1.88. The number of aryl methyl sites for hydroxylation is 3. The minimum absolute atomic E-state index is 0.259. The molecule has 0 amide bonds. The molecule has 3 N–H and O–H groups in total. The first-order valence-corrected chi connectivity index (χ1v) is 6.54. The number of nitrogens with two attached hydrogens (primary N) is 1. The average molecular weight is 275 g/mol. The van der Waals surface area contributed by atoms with Gasteiger partial charge in [0.05, 0.1) is 0 Å². The fourth-order valence-corrected chi connectivity index (χ4v) is 2.27. The van der Waals surface area contributed by atoms with Crippen LogP contribution in [-0.4, -0.2) is 9.55 Å². The molecule has 1 aromatic heterocycles. The Balaban J connectivity index is 2.21. The number of rotatable bonds is 3. The molecular formula is C14H17N3OS. The standard InChI is InChI=1S/C14H17N3OS/c1-9-3-4-11(7-10(9)2)5-6-17-12(15)8-13(18)16-14(17)19/h3-4,7-8H,5-6,15H2,1-2H3,(H,16,18,19). The van der Waals surface area contributed by atoms with Crippen molar-refractivity contribution in [3.63, 3.8) is 0 Å². The van der Waals surface area contributed by atoms with Crippen molar-refractivity contribution in [2.75, 3.05) is 5.73 Å². The summed E-state index contributed by atoms with van der Waals surface area (Å²) in [7, 11) is 0. The zero-order chi connectivity index (χ0) is 14.0. The number of anilines is 1. The van der Waals surface area contributed by atoms with Gasteiger partial charge in [-0.2, -0.15) is 0 Å². The highest BCUT2D eigenvalue weighted by atomic mass is 32.1. The van der Waals surface area contributed by atoms with Crippen molar-refractivity contribution in [3.05, 3.63) is 56.1 Å². The number of benzene rings is 1. The third-order valence-electron chi connectivity index (χ3n) is 3.26. The maximum atomic E-state index is 11.2. The number of H-pyrrole nitrogens is 1. The molecular weight excluding hydrogens is 258 g/mol. The normalized spacial score (nSPS) is 10.6. The molecule has 0 aliphatic rings. The van der Waals surface area contributed by atoms with Crippen LogP contribution in [0, 0.1) is 18.6 Å². The summed E-state index contributed by atoms with van der Waals surface area (Å²) in [5.74, 6) is 0.401. The number of hydrogen-bond acceptors (Lipinski definition) is 3. The number of nitrogens with zero attached hydrogens (tertiary/aromatic N) is 1. The minimum atomic E-state index is -0.259. The quantitative estimate of drug-likeness (QED) is 0.845. The summed E-state index contributed by atoms with van der Waals surface area (Å²) < 4.78 is 2.11. The molecule has 0 bridgehead atoms. The molecule has 0 atom stereocenters. The highest BCUT2D eigenvalue weighted by molar-refractivity contribution is 7.71. The predicted molar refractivity (Wildman–Crippen MR) is 79.9 cm³/mol. The Bertz CT molecular complexity index is 715. The van der Waals surface area contributed by atoms with Crippen molar-refractivity contribution >= 4 is 18.0 Å². The van der Waals surface area contributed by atoms with E-state index in [2.05, 4.69) is 37.0 Å². The van der Waals surface area contributed by atoms with Crippen LogP contribution >= 0.6 is 12.2 Å². The molecule has 0 aliphatic carbocycles. The van der Waals surface area contributed by atoms with Crippen LogP contribution < -0.4 is 11.3 Å². The van der Waals surface area contributed by atoms with Gasteiger partial charge in [-0.05, 0) is 49.2 Å². The second-order valence-corrected chi connectivity index (χ2v) is 5.07. The Morgan fingerprint density at radius 1 is 1.26 bits per heavy atom. The summed E-state index contributed by atoms with van der Waals surface area (Å²) in [6.07, 6.45) is 0.825. The SMILES string of the molecule is Cc1ccc(CCn2c(N)cc(=O)[nH]c2=S)cc1C. The maximum Gasteiger partial charge on any atom is 0.253 e. The van der Waals surface area contributed by atoms with Crippen LogP contribution in [0.2, 0.25) is 0 Å². The van der Waals surface area contributed by atoms with Crippen LogP contribution in [0.4, 0.5) is 5.82 Å². The Morgan fingerprint density at radius 3 is 2.63 bits per heavy atom. The molecule has 5 heteroatoms. The fraction of sp³-hybridized carbons (Fsp3) is 0.286. The lowest BCUT2D eigenvalue weighted by Gasteiger charge is -2.10. The lowest BCUT2D eigenvalue weighted by molar-refractivity contribution is 0.672. The van der Waals surface area contributed by atoms with Crippen molar-refractivity contribution in [2.24, 2.45) is 0 Å². The van der Waals surface area contributed by atoms with Gasteiger partial charge in [0.15, 0.2) is 4.77 Å². The Kier molecular flexibility index (Phi) is 3.85. The van der Waals surface area contributed by atoms with E-state index >= 15 is 0 Å². The van der Waals surface area contributed by atoms with Crippen molar-refractivity contribution < 1.29 is 0 Å². The van der Waals surface area contributed by atoms with Gasteiger partial charge in [0.25, 0.3) is 5.56 Å². The van der Waals surface area contributed by atoms with Crippen molar-refractivity contribution in [2.45, 2.75) is 26.8 Å². The van der Waals surface area contributed by atoms with Gasteiger partial charge in [-0.1, -0.05) is 18.2 Å². The second kappa shape index (κ2) is 5.40. The molecule has 2 aromatic rings. The van der Waals surface area contributed by atoms with E-state index in [1.807, 2.05) is 0 Å². The van der Waals surface area contributed by atoms with Gasteiger partial charge < -0.3 is 10.3 Å². The lowest BCUT2D eigenvalue weighted by atomic mass is 10.0. The van der Waals surface area contributed by atoms with Crippen LogP contribution in [0.3, 0.4) is 0 Å². The first-order chi connectivity index (χ1) is 8.97. The molecule has 1 aromatic carbocycles. The topological polar surface area (TPSA) is 63.8 Å². The van der Waals surface area contributed by atoms with Gasteiger partial charge in [0.1, 0.15) is 5.82 Å². The van der Waals surface area contributed by atoms with E-state index < -0.39 is 0 Å². The highest BCUT2D eigenvalue weighted by Gasteiger charge is 2.02. The largest absolute Gasteiger partial charge is 0.385 e. The van der Waals surface area contributed by atoms with Crippen LogP contribution in [-0.2, 0) is 13.0 Å². The molecule has 0 saturated heterocycles. The monoisotopic (exact) mass is 275 g/mol. The van der Waals surface area contributed by atoms with Crippen LogP contribution in [0.5, 0.6) is 0 Å². The molecule has 0 fully saturated rings. The van der Waals surface area contributed by atoms with Crippen LogP contribution in [0.15, 0.2) is 29.1 Å². The van der Waals surface area contributed by atoms with Gasteiger partial charge in [-0.25, -0.2) is 0 Å². The molecule has 19 heavy (non-hydrogen) atoms. The van der Waals surface area contributed by atoms with E-state index in [0.717, 1.165) is 6.42 Å². The lowest BCUT2D eigenvalue weighted by Crippen LogP contribution is -2.17. The molecule has 4 nitrogen and oxygen atoms in total. The first-order valence-electron chi connectivity index (χ1n) is 6.13. The van der Waals surface area contributed by atoms with E-state index in [-0.39, 0.29) is 5.56 Å². The molecule has 1 heterocycles.